The molecule has 0 saturated carbocycles. The molecule has 0 fully saturated rings. The number of unbranched alkanes of at least 4 members (excludes halogenated alkanes) is 1. The molecule has 0 aliphatic rings. The van der Waals surface area contributed by atoms with Crippen molar-refractivity contribution in [2.24, 2.45) is 0 Å². The quantitative estimate of drug-likeness (QED) is 0.527. The number of esters is 1. The molecule has 0 heterocycles. The number of ketones is 1. The minimum Gasteiger partial charge on any atom is -0.467 e. The van der Waals surface area contributed by atoms with Gasteiger partial charge in [0.2, 0.25) is 5.54 Å². The van der Waals surface area contributed by atoms with E-state index in [0.717, 1.165) is 12.0 Å². The van der Waals surface area contributed by atoms with E-state index in [1.54, 1.807) is 30.3 Å². The van der Waals surface area contributed by atoms with Crippen molar-refractivity contribution < 1.29 is 23.9 Å². The van der Waals surface area contributed by atoms with Gasteiger partial charge in [0, 0.05) is 6.42 Å². The van der Waals surface area contributed by atoms with E-state index < -0.39 is 23.4 Å². The smallest absolute Gasteiger partial charge is 0.408 e. The number of carbonyl (C=O) groups excluding carboxylic acids is 3. The van der Waals surface area contributed by atoms with Gasteiger partial charge in [-0.25, -0.2) is 9.59 Å². The molecule has 0 aliphatic heterocycles. The van der Waals surface area contributed by atoms with Crippen molar-refractivity contribution >= 4 is 17.8 Å². The third-order valence-corrected chi connectivity index (χ3v) is 4.38. The van der Waals surface area contributed by atoms with E-state index in [0.29, 0.717) is 12.0 Å². The summed E-state index contributed by atoms with van der Waals surface area (Å²) in [7, 11) is 1.18. The average Bonchev–Trinajstić information content (AvgIpc) is 2.75. The summed E-state index contributed by atoms with van der Waals surface area (Å²) in [5.41, 5.74) is -0.822. The molecule has 0 spiro atoms. The summed E-state index contributed by atoms with van der Waals surface area (Å²) in [6.07, 6.45) is 0.615. The normalized spacial score (nSPS) is 12.5. The molecule has 0 radical (unpaired) electrons. The van der Waals surface area contributed by atoms with Crippen molar-refractivity contribution in [3.8, 4) is 0 Å². The Morgan fingerprint density at radius 1 is 0.964 bits per heavy atom. The van der Waals surface area contributed by atoms with E-state index in [4.69, 9.17) is 9.47 Å². The van der Waals surface area contributed by atoms with E-state index >= 15 is 0 Å². The lowest BCUT2D eigenvalue weighted by Gasteiger charge is -2.30. The Balaban J connectivity index is 2.31. The summed E-state index contributed by atoms with van der Waals surface area (Å²) in [6.45, 7) is 1.96. The van der Waals surface area contributed by atoms with Crippen molar-refractivity contribution in [2.75, 3.05) is 7.11 Å². The number of nitrogens with one attached hydrogen (secondary N) is 1. The van der Waals surface area contributed by atoms with Gasteiger partial charge in [-0.15, -0.1) is 0 Å². The summed E-state index contributed by atoms with van der Waals surface area (Å²) in [5.74, 6) is -1.29. The minimum absolute atomic E-state index is 0.0157. The molecule has 0 bridgehead atoms. The maximum Gasteiger partial charge on any atom is 0.408 e. The molecule has 1 unspecified atom stereocenters. The maximum atomic E-state index is 13.1. The molecule has 2 aromatic rings. The van der Waals surface area contributed by atoms with E-state index in [1.165, 1.54) is 7.11 Å². The molecule has 6 nitrogen and oxygen atoms in total. The molecular weight excluding hydrogens is 358 g/mol. The van der Waals surface area contributed by atoms with Crippen LogP contribution in [0, 0.1) is 0 Å². The van der Waals surface area contributed by atoms with E-state index in [1.807, 2.05) is 37.3 Å². The number of methoxy groups -OCH3 is 1. The SMILES string of the molecule is CCCCC(=O)C(NC(=O)OCc1ccccc1)(C(=O)OC)c1ccccc1. The molecule has 0 saturated heterocycles. The number of carbonyl (C=O) groups is 3. The Labute approximate surface area is 164 Å². The first-order valence-electron chi connectivity index (χ1n) is 9.20. The Morgan fingerprint density at radius 2 is 1.57 bits per heavy atom. The maximum absolute atomic E-state index is 13.1. The van der Waals surface area contributed by atoms with Crippen LogP contribution < -0.4 is 5.32 Å². The van der Waals surface area contributed by atoms with Crippen LogP contribution in [0.3, 0.4) is 0 Å². The van der Waals surface area contributed by atoms with E-state index in [-0.39, 0.29) is 13.0 Å². The van der Waals surface area contributed by atoms with Gasteiger partial charge in [-0.1, -0.05) is 74.0 Å². The highest BCUT2D eigenvalue weighted by Crippen LogP contribution is 2.27. The number of hydrogen-bond donors (Lipinski definition) is 1. The first-order chi connectivity index (χ1) is 13.5. The second-order valence-electron chi connectivity index (χ2n) is 6.32. The van der Waals surface area contributed by atoms with Crippen LogP contribution in [0.1, 0.15) is 37.3 Å². The van der Waals surface area contributed by atoms with Gasteiger partial charge in [0.1, 0.15) is 6.61 Å². The van der Waals surface area contributed by atoms with Crippen LogP contribution in [0.25, 0.3) is 0 Å². The van der Waals surface area contributed by atoms with E-state index in [2.05, 4.69) is 5.32 Å². The first kappa shape index (κ1) is 21.2. The van der Waals surface area contributed by atoms with Crippen molar-refractivity contribution in [3.05, 3.63) is 71.8 Å². The van der Waals surface area contributed by atoms with Gasteiger partial charge in [-0.2, -0.15) is 0 Å². The zero-order valence-electron chi connectivity index (χ0n) is 16.1. The van der Waals surface area contributed by atoms with Crippen LogP contribution >= 0.6 is 0 Å². The average molecular weight is 383 g/mol. The van der Waals surface area contributed by atoms with Gasteiger partial charge >= 0.3 is 12.1 Å². The molecular formula is C22H25NO5. The minimum atomic E-state index is -1.95. The predicted octanol–water partition coefficient (Wildman–Crippen LogP) is 3.74. The number of ether oxygens (including phenoxy) is 2. The van der Waals surface area contributed by atoms with Crippen molar-refractivity contribution in [1.82, 2.24) is 5.32 Å². The van der Waals surface area contributed by atoms with Gasteiger partial charge in [-0.05, 0) is 17.5 Å². The lowest BCUT2D eigenvalue weighted by atomic mass is 9.83. The van der Waals surface area contributed by atoms with E-state index in [9.17, 15) is 14.4 Å². The fourth-order valence-corrected chi connectivity index (χ4v) is 2.86. The van der Waals surface area contributed by atoms with Gasteiger partial charge < -0.3 is 9.47 Å². The summed E-state index contributed by atoms with van der Waals surface area (Å²) >= 11 is 0. The first-order valence-corrected chi connectivity index (χ1v) is 9.20. The largest absolute Gasteiger partial charge is 0.467 e. The lowest BCUT2D eigenvalue weighted by molar-refractivity contribution is -0.153. The van der Waals surface area contributed by atoms with Crippen LogP contribution in [0.4, 0.5) is 4.79 Å². The number of benzene rings is 2. The fourth-order valence-electron chi connectivity index (χ4n) is 2.86. The van der Waals surface area contributed by atoms with Crippen molar-refractivity contribution in [1.29, 1.82) is 0 Å². The van der Waals surface area contributed by atoms with Crippen LogP contribution in [0.5, 0.6) is 0 Å². The van der Waals surface area contributed by atoms with Crippen LogP contribution in [-0.4, -0.2) is 25.0 Å². The van der Waals surface area contributed by atoms with Gasteiger partial charge in [0.25, 0.3) is 0 Å². The molecule has 0 aliphatic carbocycles. The number of amides is 1. The Hall–Kier alpha value is -3.15. The molecule has 2 aromatic carbocycles. The summed E-state index contributed by atoms with van der Waals surface area (Å²) in [6, 6.07) is 17.5. The number of hydrogen-bond acceptors (Lipinski definition) is 5. The van der Waals surface area contributed by atoms with Crippen molar-refractivity contribution in [2.45, 2.75) is 38.3 Å². The molecule has 1 N–H and O–H groups in total. The number of Topliss-reactive ketones (excluding diaryl/α,β-unsaturated/α-hetero) is 1. The lowest BCUT2D eigenvalue weighted by Crippen LogP contribution is -2.58. The molecule has 1 atom stereocenters. The molecule has 0 aromatic heterocycles. The number of rotatable bonds is 9. The molecule has 1 amide bonds. The Bertz CT molecular complexity index is 791. The van der Waals surface area contributed by atoms with Crippen LogP contribution in [0.15, 0.2) is 60.7 Å². The Kier molecular flexibility index (Phi) is 7.75. The second-order valence-corrected chi connectivity index (χ2v) is 6.32. The summed E-state index contributed by atoms with van der Waals surface area (Å²) < 4.78 is 10.1. The summed E-state index contributed by atoms with van der Waals surface area (Å²) in [4.78, 5) is 38.3. The molecule has 148 valence electrons. The standard InChI is InChI=1S/C22H25NO5/c1-3-4-15-19(24)22(20(25)27-2,18-13-9-6-10-14-18)23-21(26)28-16-17-11-7-5-8-12-17/h5-14H,3-4,15-16H2,1-2H3,(H,23,26). The highest BCUT2D eigenvalue weighted by atomic mass is 16.6. The third-order valence-electron chi connectivity index (χ3n) is 4.38. The van der Waals surface area contributed by atoms with Gasteiger partial charge in [-0.3, -0.25) is 10.1 Å². The second kappa shape index (κ2) is 10.3. The highest BCUT2D eigenvalue weighted by Gasteiger charge is 2.49. The van der Waals surface area contributed by atoms with Gasteiger partial charge in [0.05, 0.1) is 7.11 Å². The predicted molar refractivity (Wildman–Crippen MR) is 104 cm³/mol. The number of alkyl carbamates (subject to hydrolysis) is 1. The summed E-state index contributed by atoms with van der Waals surface area (Å²) in [5, 5.41) is 2.49. The third kappa shape index (κ3) is 4.97. The zero-order chi connectivity index (χ0) is 20.4. The zero-order valence-corrected chi connectivity index (χ0v) is 16.1. The molecule has 2 rings (SSSR count). The fraction of sp³-hybridized carbons (Fsp3) is 0.318. The van der Waals surface area contributed by atoms with Gasteiger partial charge in [0.15, 0.2) is 5.78 Å². The highest BCUT2D eigenvalue weighted by molar-refractivity contribution is 6.11. The molecule has 28 heavy (non-hydrogen) atoms. The van der Waals surface area contributed by atoms with Crippen LogP contribution in [0.2, 0.25) is 0 Å². The van der Waals surface area contributed by atoms with Crippen molar-refractivity contribution in [3.63, 3.8) is 0 Å². The Morgan fingerprint density at radius 3 is 2.14 bits per heavy atom. The monoisotopic (exact) mass is 383 g/mol. The topological polar surface area (TPSA) is 81.7 Å². The molecule has 6 heteroatoms. The van der Waals surface area contributed by atoms with Crippen LogP contribution in [-0.2, 0) is 31.2 Å².